The summed E-state index contributed by atoms with van der Waals surface area (Å²) >= 11 is -0.404. The Balaban J connectivity index is 2.70. The van der Waals surface area contributed by atoms with Crippen molar-refractivity contribution in [1.82, 2.24) is 0 Å². The molecular weight excluding hydrogens is 215 g/mol. The molecular formula is C10H17AlClO2+. The molecule has 0 aromatic rings. The van der Waals surface area contributed by atoms with Crippen LogP contribution in [0, 0.1) is 9.24 Å². The summed E-state index contributed by atoms with van der Waals surface area (Å²) in [6.07, 6.45) is 2.44. The van der Waals surface area contributed by atoms with Crippen LogP contribution in [0.5, 0.6) is 0 Å². The van der Waals surface area contributed by atoms with E-state index < -0.39 is 14.3 Å². The highest BCUT2D eigenvalue weighted by Gasteiger charge is 2.29. The van der Waals surface area contributed by atoms with Crippen molar-refractivity contribution in [2.45, 2.75) is 39.9 Å². The van der Waals surface area contributed by atoms with E-state index in [2.05, 4.69) is 14.8 Å². The molecule has 1 heterocycles. The second-order valence-electron chi connectivity index (χ2n) is 3.70. The van der Waals surface area contributed by atoms with Crippen LogP contribution in [0.2, 0.25) is 0 Å². The van der Waals surface area contributed by atoms with E-state index in [0.29, 0.717) is 0 Å². The van der Waals surface area contributed by atoms with Crippen molar-refractivity contribution in [2.24, 2.45) is 0 Å². The van der Waals surface area contributed by atoms with Crippen molar-refractivity contribution in [3.05, 3.63) is 22.0 Å². The van der Waals surface area contributed by atoms with E-state index in [1.165, 1.54) is 0 Å². The Hall–Kier alpha value is -0.0975. The molecule has 1 aliphatic heterocycles. The fraction of sp³-hybridized carbons (Fsp3) is 0.600. The average Bonchev–Trinajstić information content (AvgIpc) is 2.06. The van der Waals surface area contributed by atoms with Crippen molar-refractivity contribution in [3.8, 4) is 0 Å². The Morgan fingerprint density at radius 2 is 1.79 bits per heavy atom. The minimum absolute atomic E-state index is 0.214. The molecule has 2 nitrogen and oxygen atoms in total. The molecule has 78 valence electrons. The minimum Gasteiger partial charge on any atom is -0.503 e. The number of halogens is 1. The highest BCUT2D eigenvalue weighted by atomic mass is 35.6. The van der Waals surface area contributed by atoms with Gasteiger partial charge in [0.15, 0.2) is 5.76 Å². The molecule has 0 unspecified atom stereocenters. The highest BCUT2D eigenvalue weighted by molar-refractivity contribution is 6.34. The zero-order valence-electron chi connectivity index (χ0n) is 9.21. The van der Waals surface area contributed by atoms with Gasteiger partial charge in [-0.2, -0.15) is 0 Å². The van der Waals surface area contributed by atoms with Crippen LogP contribution >= 0.6 is 0 Å². The van der Waals surface area contributed by atoms with Crippen LogP contribution < -0.4 is 0 Å². The van der Waals surface area contributed by atoms with E-state index in [4.69, 9.17) is 9.47 Å². The van der Waals surface area contributed by atoms with Gasteiger partial charge in [-0.05, 0) is 36.9 Å². The van der Waals surface area contributed by atoms with Crippen molar-refractivity contribution < 1.29 is 18.7 Å². The third-order valence-electron chi connectivity index (χ3n) is 1.52. The maximum atomic E-state index is 5.74. The second-order valence-corrected chi connectivity index (χ2v) is 6.90. The Morgan fingerprint density at radius 1 is 1.14 bits per heavy atom. The van der Waals surface area contributed by atoms with Crippen molar-refractivity contribution >= 4 is 14.3 Å². The van der Waals surface area contributed by atoms with Gasteiger partial charge in [-0.1, -0.05) is 0 Å². The summed E-state index contributed by atoms with van der Waals surface area (Å²) in [6, 6.07) is 0. The zero-order chi connectivity index (χ0) is 10.6. The van der Waals surface area contributed by atoms with Crippen molar-refractivity contribution in [3.63, 3.8) is 0 Å². The van der Waals surface area contributed by atoms with Crippen LogP contribution in [0.1, 0.15) is 27.7 Å². The normalized spacial score (nSPS) is 16.1. The summed E-state index contributed by atoms with van der Waals surface area (Å²) in [5, 5.41) is 0. The van der Waals surface area contributed by atoms with Gasteiger partial charge in [-0.3, -0.25) is 0 Å². The standard InChI is InChI=1S/C10H16ClO2.Al.H/c1-8(2)12-7-10(5-6-11)13-9(3)4;;/h5-6,8-9H,1-4H3;;/q;+1;. The van der Waals surface area contributed by atoms with Gasteiger partial charge in [0, 0.05) is 6.08 Å². The molecule has 1 rings (SSSR count). The topological polar surface area (TPSA) is 18.5 Å². The van der Waals surface area contributed by atoms with Gasteiger partial charge in [-0.25, -0.2) is 0 Å². The zero-order valence-corrected chi connectivity index (χ0v) is 11.4. The monoisotopic (exact) mass is 231 g/mol. The molecule has 0 N–H and O–H groups in total. The lowest BCUT2D eigenvalue weighted by Crippen LogP contribution is -2.16. The second kappa shape index (κ2) is 5.70. The van der Waals surface area contributed by atoms with Crippen molar-refractivity contribution in [1.29, 1.82) is 0 Å². The molecule has 0 bridgehead atoms. The van der Waals surface area contributed by atoms with Gasteiger partial charge >= 0.3 is 14.3 Å². The quantitative estimate of drug-likeness (QED) is 0.689. The summed E-state index contributed by atoms with van der Waals surface area (Å²) in [5.41, 5.74) is 2.05. The van der Waals surface area contributed by atoms with Gasteiger partial charge in [0.25, 0.3) is 0 Å². The molecule has 0 atom stereocenters. The largest absolute Gasteiger partial charge is 0.791 e. The predicted molar refractivity (Wildman–Crippen MR) is 55.8 cm³/mol. The molecule has 0 amide bonds. The van der Waals surface area contributed by atoms with E-state index in [-0.39, 0.29) is 12.2 Å². The molecule has 0 saturated carbocycles. The SMILES string of the molecule is CC(C)OC1=[C](OC(C)C)[AlH][Cl+]C=C1. The van der Waals surface area contributed by atoms with E-state index in [9.17, 15) is 0 Å². The first-order valence-electron chi connectivity index (χ1n) is 4.90. The van der Waals surface area contributed by atoms with E-state index >= 15 is 0 Å². The molecule has 0 aliphatic carbocycles. The maximum absolute atomic E-state index is 5.74. The predicted octanol–water partition coefficient (Wildman–Crippen LogP) is 1.97. The molecule has 0 aromatic heterocycles. The van der Waals surface area contributed by atoms with E-state index in [1.807, 2.05) is 33.8 Å². The summed E-state index contributed by atoms with van der Waals surface area (Å²) in [5.74, 6) is 0.930. The molecule has 14 heavy (non-hydrogen) atoms. The number of rotatable bonds is 4. The van der Waals surface area contributed by atoms with Gasteiger partial charge in [0.2, 0.25) is 0 Å². The van der Waals surface area contributed by atoms with E-state index in [0.717, 1.165) is 10.4 Å². The Morgan fingerprint density at radius 3 is 2.36 bits per heavy atom. The highest BCUT2D eigenvalue weighted by Crippen LogP contribution is 2.17. The number of allylic oxidation sites excluding steroid dienone is 1. The lowest BCUT2D eigenvalue weighted by atomic mass is 10.4. The number of hydrogen-bond acceptors (Lipinski definition) is 2. The molecule has 0 radical (unpaired) electrons. The van der Waals surface area contributed by atoms with Crippen LogP contribution in [-0.2, 0) is 9.47 Å². The third-order valence-corrected chi connectivity index (χ3v) is 4.46. The smallest absolute Gasteiger partial charge is 0.503 e. The lowest BCUT2D eigenvalue weighted by Gasteiger charge is -2.17. The molecule has 4 heteroatoms. The maximum Gasteiger partial charge on any atom is 0.791 e. The molecule has 0 aromatic carbocycles. The van der Waals surface area contributed by atoms with Gasteiger partial charge in [0.1, 0.15) is 10.2 Å². The van der Waals surface area contributed by atoms with Gasteiger partial charge in [0.05, 0.1) is 12.2 Å². The van der Waals surface area contributed by atoms with Gasteiger partial charge < -0.3 is 9.47 Å². The summed E-state index contributed by atoms with van der Waals surface area (Å²) in [7, 11) is 2.33. The van der Waals surface area contributed by atoms with E-state index in [1.54, 1.807) is 0 Å². The fourth-order valence-corrected chi connectivity index (χ4v) is 3.81. The Bertz CT molecular complexity index is 247. The van der Waals surface area contributed by atoms with Gasteiger partial charge in [-0.15, -0.1) is 0 Å². The third kappa shape index (κ3) is 3.96. The summed E-state index contributed by atoms with van der Waals surface area (Å²) < 4.78 is 12.5. The first kappa shape index (κ1) is 12.0. The number of hydrogen-bond donors (Lipinski definition) is 0. The molecule has 0 fully saturated rings. The Kier molecular flexibility index (Phi) is 4.88. The lowest BCUT2D eigenvalue weighted by molar-refractivity contribution is -0.435. The summed E-state index contributed by atoms with van der Waals surface area (Å²) in [6.45, 7) is 8.16. The van der Waals surface area contributed by atoms with Crippen LogP contribution in [0.3, 0.4) is 0 Å². The summed E-state index contributed by atoms with van der Waals surface area (Å²) in [4.78, 5) is 0. The minimum atomic E-state index is -0.404. The van der Waals surface area contributed by atoms with Crippen LogP contribution in [0.15, 0.2) is 22.0 Å². The molecule has 0 spiro atoms. The number of ether oxygens (including phenoxy) is 2. The fourth-order valence-electron chi connectivity index (χ4n) is 1.11. The van der Waals surface area contributed by atoms with Crippen LogP contribution in [-0.4, -0.2) is 26.5 Å². The average molecular weight is 232 g/mol. The first-order chi connectivity index (χ1) is 6.59. The Labute approximate surface area is 95.0 Å². The van der Waals surface area contributed by atoms with Crippen molar-refractivity contribution in [2.75, 3.05) is 0 Å². The molecule has 1 aliphatic rings. The van der Waals surface area contributed by atoms with Crippen LogP contribution in [0.4, 0.5) is 0 Å². The van der Waals surface area contributed by atoms with Crippen LogP contribution in [0.25, 0.3) is 0 Å². The first-order valence-corrected chi connectivity index (χ1v) is 8.18. The molecule has 0 saturated heterocycles.